The Kier molecular flexibility index (Phi) is 5.76. The van der Waals surface area contributed by atoms with Crippen molar-refractivity contribution in [2.45, 2.75) is 52.0 Å². The molecule has 2 nitrogen and oxygen atoms in total. The number of carbonyl (C=O) groups excluding carboxylic acids is 1. The zero-order valence-corrected chi connectivity index (χ0v) is 14.9. The molecule has 0 fully saturated rings. The van der Waals surface area contributed by atoms with Crippen LogP contribution in [0.5, 0.6) is 0 Å². The summed E-state index contributed by atoms with van der Waals surface area (Å²) in [5.74, 6) is -0.248. The lowest BCUT2D eigenvalue weighted by molar-refractivity contribution is -0.121. The van der Waals surface area contributed by atoms with Gasteiger partial charge in [0.2, 0.25) is 5.91 Å². The minimum absolute atomic E-state index is 0.00622. The molecule has 128 valence electrons. The summed E-state index contributed by atoms with van der Waals surface area (Å²) < 4.78 is 12.9. The van der Waals surface area contributed by atoms with Gasteiger partial charge in [-0.2, -0.15) is 0 Å². The number of nitrogens with one attached hydrogen (secondary N) is 1. The Hall–Kier alpha value is -2.16. The van der Waals surface area contributed by atoms with E-state index in [-0.39, 0.29) is 23.2 Å². The molecule has 0 bridgehead atoms. The first kappa shape index (κ1) is 18.2. The van der Waals surface area contributed by atoms with Crippen LogP contribution in [0.2, 0.25) is 0 Å². The molecule has 2 aromatic rings. The van der Waals surface area contributed by atoms with E-state index in [4.69, 9.17) is 0 Å². The van der Waals surface area contributed by atoms with E-state index in [1.807, 2.05) is 6.92 Å². The van der Waals surface area contributed by atoms with Crippen molar-refractivity contribution >= 4 is 5.91 Å². The van der Waals surface area contributed by atoms with Gasteiger partial charge in [0.15, 0.2) is 0 Å². The molecule has 0 spiro atoms. The van der Waals surface area contributed by atoms with Crippen molar-refractivity contribution in [1.82, 2.24) is 5.32 Å². The van der Waals surface area contributed by atoms with E-state index in [1.54, 1.807) is 12.1 Å². The van der Waals surface area contributed by atoms with Crippen molar-refractivity contribution in [2.75, 3.05) is 0 Å². The first-order chi connectivity index (χ1) is 11.3. The fourth-order valence-electron chi connectivity index (χ4n) is 2.58. The minimum Gasteiger partial charge on any atom is -0.350 e. The van der Waals surface area contributed by atoms with Crippen LogP contribution in [0.4, 0.5) is 4.39 Å². The Morgan fingerprint density at radius 2 is 1.62 bits per heavy atom. The lowest BCUT2D eigenvalue weighted by Gasteiger charge is -2.20. The maximum Gasteiger partial charge on any atom is 0.220 e. The largest absolute Gasteiger partial charge is 0.350 e. The molecule has 2 rings (SSSR count). The van der Waals surface area contributed by atoms with Crippen molar-refractivity contribution in [3.05, 3.63) is 71.0 Å². The molecule has 0 aromatic heterocycles. The van der Waals surface area contributed by atoms with Crippen LogP contribution in [0.15, 0.2) is 48.5 Å². The van der Waals surface area contributed by atoms with E-state index >= 15 is 0 Å². The zero-order valence-electron chi connectivity index (χ0n) is 14.9. The van der Waals surface area contributed by atoms with Gasteiger partial charge in [-0.05, 0) is 47.6 Å². The number of hydrogen-bond acceptors (Lipinski definition) is 1. The molecular formula is C21H26FNO. The van der Waals surface area contributed by atoms with Crippen molar-refractivity contribution < 1.29 is 9.18 Å². The normalized spacial score (nSPS) is 12.7. The molecule has 0 radical (unpaired) electrons. The molecule has 1 amide bonds. The van der Waals surface area contributed by atoms with Crippen LogP contribution in [-0.4, -0.2) is 5.91 Å². The molecule has 0 aliphatic rings. The van der Waals surface area contributed by atoms with Gasteiger partial charge in [-0.3, -0.25) is 4.79 Å². The van der Waals surface area contributed by atoms with Gasteiger partial charge in [-0.1, -0.05) is 57.2 Å². The molecule has 0 unspecified atom stereocenters. The summed E-state index contributed by atoms with van der Waals surface area (Å²) in [5.41, 5.74) is 3.47. The SMILES string of the molecule is C[C@@H](NC(=O)CCc1ccc(F)cc1)c1ccc(C(C)(C)C)cc1. The molecule has 0 aliphatic carbocycles. The summed E-state index contributed by atoms with van der Waals surface area (Å²) >= 11 is 0. The highest BCUT2D eigenvalue weighted by molar-refractivity contribution is 5.76. The number of amides is 1. The van der Waals surface area contributed by atoms with Crippen LogP contribution in [-0.2, 0) is 16.6 Å². The molecule has 1 atom stereocenters. The zero-order chi connectivity index (χ0) is 17.7. The number of hydrogen-bond donors (Lipinski definition) is 1. The van der Waals surface area contributed by atoms with Gasteiger partial charge in [-0.15, -0.1) is 0 Å². The lowest BCUT2D eigenvalue weighted by Crippen LogP contribution is -2.26. The van der Waals surface area contributed by atoms with Gasteiger partial charge >= 0.3 is 0 Å². The second kappa shape index (κ2) is 7.61. The van der Waals surface area contributed by atoms with Gasteiger partial charge < -0.3 is 5.32 Å². The molecule has 0 aliphatic heterocycles. The number of rotatable bonds is 5. The third-order valence-electron chi connectivity index (χ3n) is 4.21. The molecular weight excluding hydrogens is 301 g/mol. The van der Waals surface area contributed by atoms with Crippen molar-refractivity contribution in [3.63, 3.8) is 0 Å². The number of benzene rings is 2. The minimum atomic E-state index is -0.254. The Bertz CT molecular complexity index is 668. The van der Waals surface area contributed by atoms with Crippen LogP contribution < -0.4 is 5.32 Å². The number of carbonyl (C=O) groups is 1. The summed E-state index contributed by atoms with van der Waals surface area (Å²) in [5, 5.41) is 3.02. The summed E-state index contributed by atoms with van der Waals surface area (Å²) in [6.45, 7) is 8.54. The molecule has 24 heavy (non-hydrogen) atoms. The molecule has 0 saturated heterocycles. The third kappa shape index (κ3) is 5.19. The summed E-state index contributed by atoms with van der Waals surface area (Å²) in [6, 6.07) is 14.7. The van der Waals surface area contributed by atoms with Crippen molar-refractivity contribution in [3.8, 4) is 0 Å². The van der Waals surface area contributed by atoms with Gasteiger partial charge in [0.05, 0.1) is 6.04 Å². The highest BCUT2D eigenvalue weighted by Crippen LogP contribution is 2.23. The van der Waals surface area contributed by atoms with E-state index < -0.39 is 0 Å². The summed E-state index contributed by atoms with van der Waals surface area (Å²) in [7, 11) is 0. The molecule has 0 saturated carbocycles. The topological polar surface area (TPSA) is 29.1 Å². The van der Waals surface area contributed by atoms with Crippen LogP contribution in [0, 0.1) is 5.82 Å². The average molecular weight is 327 g/mol. The van der Waals surface area contributed by atoms with Gasteiger partial charge in [0, 0.05) is 6.42 Å². The smallest absolute Gasteiger partial charge is 0.220 e. The van der Waals surface area contributed by atoms with E-state index in [0.717, 1.165) is 11.1 Å². The highest BCUT2D eigenvalue weighted by Gasteiger charge is 2.15. The molecule has 3 heteroatoms. The molecule has 2 aromatic carbocycles. The Balaban J connectivity index is 1.88. The monoisotopic (exact) mass is 327 g/mol. The quantitative estimate of drug-likeness (QED) is 0.828. The number of halogens is 1. The van der Waals surface area contributed by atoms with E-state index in [9.17, 15) is 9.18 Å². The van der Waals surface area contributed by atoms with Crippen LogP contribution in [0.1, 0.15) is 56.8 Å². The van der Waals surface area contributed by atoms with Crippen LogP contribution in [0.3, 0.4) is 0 Å². The van der Waals surface area contributed by atoms with Crippen LogP contribution >= 0.6 is 0 Å². The standard InChI is InChI=1S/C21H26FNO/c1-15(17-8-10-18(11-9-17)21(2,3)4)23-20(24)14-7-16-5-12-19(22)13-6-16/h5-6,8-13,15H,7,14H2,1-4H3,(H,23,24)/t15-/m1/s1. The lowest BCUT2D eigenvalue weighted by atomic mass is 9.86. The number of aryl methyl sites for hydroxylation is 1. The van der Waals surface area contributed by atoms with Gasteiger partial charge in [0.25, 0.3) is 0 Å². The Morgan fingerprint density at radius 3 is 2.17 bits per heavy atom. The van der Waals surface area contributed by atoms with E-state index in [2.05, 4.69) is 50.4 Å². The third-order valence-corrected chi connectivity index (χ3v) is 4.21. The average Bonchev–Trinajstić information content (AvgIpc) is 2.53. The van der Waals surface area contributed by atoms with Crippen LogP contribution in [0.25, 0.3) is 0 Å². The maximum absolute atomic E-state index is 12.9. The Labute approximate surface area is 144 Å². The summed E-state index contributed by atoms with van der Waals surface area (Å²) in [6.07, 6.45) is 1.01. The first-order valence-electron chi connectivity index (χ1n) is 8.40. The summed E-state index contributed by atoms with van der Waals surface area (Å²) in [4.78, 5) is 12.1. The maximum atomic E-state index is 12.9. The second-order valence-corrected chi connectivity index (χ2v) is 7.29. The molecule has 1 N–H and O–H groups in total. The predicted octanol–water partition coefficient (Wildman–Crippen LogP) is 4.93. The second-order valence-electron chi connectivity index (χ2n) is 7.29. The molecule has 0 heterocycles. The van der Waals surface area contributed by atoms with Crippen molar-refractivity contribution in [2.24, 2.45) is 0 Å². The van der Waals surface area contributed by atoms with Gasteiger partial charge in [-0.25, -0.2) is 4.39 Å². The highest BCUT2D eigenvalue weighted by atomic mass is 19.1. The Morgan fingerprint density at radius 1 is 1.04 bits per heavy atom. The fourth-order valence-corrected chi connectivity index (χ4v) is 2.58. The van der Waals surface area contributed by atoms with E-state index in [0.29, 0.717) is 12.8 Å². The van der Waals surface area contributed by atoms with Gasteiger partial charge in [0.1, 0.15) is 5.82 Å². The predicted molar refractivity (Wildman–Crippen MR) is 96.4 cm³/mol. The van der Waals surface area contributed by atoms with Crippen molar-refractivity contribution in [1.29, 1.82) is 0 Å². The first-order valence-corrected chi connectivity index (χ1v) is 8.40. The van der Waals surface area contributed by atoms with E-state index in [1.165, 1.54) is 17.7 Å². The fraction of sp³-hybridized carbons (Fsp3) is 0.381.